The third kappa shape index (κ3) is 3.65. The zero-order chi connectivity index (χ0) is 19.9. The van der Waals surface area contributed by atoms with E-state index in [1.807, 2.05) is 0 Å². The highest BCUT2D eigenvalue weighted by atomic mass is 35.5. The number of halogens is 6. The van der Waals surface area contributed by atoms with Crippen molar-refractivity contribution in [3.63, 3.8) is 0 Å². The second-order valence-corrected chi connectivity index (χ2v) is 8.26. The second kappa shape index (κ2) is 6.93. The Kier molecular flexibility index (Phi) is 5.56. The van der Waals surface area contributed by atoms with Crippen LogP contribution in [0.3, 0.4) is 0 Å². The molecule has 0 aliphatic carbocycles. The fourth-order valence-electron chi connectivity index (χ4n) is 2.90. The van der Waals surface area contributed by atoms with Crippen molar-refractivity contribution in [2.24, 2.45) is 5.92 Å². The summed E-state index contributed by atoms with van der Waals surface area (Å²) in [7, 11) is -5.24. The van der Waals surface area contributed by atoms with Crippen molar-refractivity contribution >= 4 is 27.4 Å². The number of sulfone groups is 1. The summed E-state index contributed by atoms with van der Waals surface area (Å²) in [5, 5.41) is 7.43. The summed E-state index contributed by atoms with van der Waals surface area (Å²) in [6.45, 7) is -0.628. The fourth-order valence-corrected chi connectivity index (χ4v) is 5.48. The zero-order valence-corrected chi connectivity index (χ0v) is 14.4. The molecule has 26 heavy (non-hydrogen) atoms. The average molecular weight is 422 g/mol. The number of hydrogen-bond acceptors (Lipinski definition) is 4. The third-order valence-electron chi connectivity index (χ3n) is 4.10. The summed E-state index contributed by atoms with van der Waals surface area (Å²) in [4.78, 5) is 10.1. The van der Waals surface area contributed by atoms with E-state index in [9.17, 15) is 35.2 Å². The van der Waals surface area contributed by atoms with E-state index in [-0.39, 0.29) is 0 Å². The summed E-state index contributed by atoms with van der Waals surface area (Å²) in [6.07, 6.45) is -6.84. The normalized spacial score (nSPS) is 23.0. The molecular weight excluding hydrogens is 409 g/mol. The molecule has 1 aliphatic rings. The molecule has 5 nitrogen and oxygen atoms in total. The molecular formula is C14H13ClF5NO4S. The van der Waals surface area contributed by atoms with Gasteiger partial charge in [-0.05, 0) is 24.5 Å². The minimum absolute atomic E-state index is 0.504. The van der Waals surface area contributed by atoms with Gasteiger partial charge in [0.05, 0.1) is 9.92 Å². The highest BCUT2D eigenvalue weighted by molar-refractivity contribution is 7.92. The quantitative estimate of drug-likeness (QED) is 0.714. The lowest BCUT2D eigenvalue weighted by Gasteiger charge is -2.32. The Morgan fingerprint density at radius 2 is 1.81 bits per heavy atom. The number of hydrogen-bond donors (Lipinski definition) is 2. The second-order valence-electron chi connectivity index (χ2n) is 5.81. The van der Waals surface area contributed by atoms with Gasteiger partial charge in [0.15, 0.2) is 9.84 Å². The molecule has 146 valence electrons. The van der Waals surface area contributed by atoms with E-state index in [1.54, 1.807) is 0 Å². The highest BCUT2D eigenvalue weighted by Gasteiger charge is 2.68. The number of benzene rings is 1. The van der Waals surface area contributed by atoms with E-state index in [0.29, 0.717) is 0 Å². The zero-order valence-electron chi connectivity index (χ0n) is 12.8. The van der Waals surface area contributed by atoms with Gasteiger partial charge in [-0.1, -0.05) is 23.7 Å². The first kappa shape index (κ1) is 20.8. The Bertz CT molecular complexity index is 799. The van der Waals surface area contributed by atoms with Crippen LogP contribution in [-0.2, 0) is 14.6 Å². The van der Waals surface area contributed by atoms with Crippen LogP contribution in [0.2, 0.25) is 5.02 Å². The number of nitrogens with one attached hydrogen (secondary N) is 1. The monoisotopic (exact) mass is 421 g/mol. The number of carbonyl (C=O) groups is 1. The standard InChI is InChI=1S/C14H13ClF5NO4S/c15-8-3-1-2-4-10(8)26(24,25)11(13(16,17)14(18,19)20)7-5-9(12(22)23)21-6-7/h1-4,7,9,11,21H,5-6H2,(H,22,23)/t7-,9+,11?/m1/s1. The molecule has 1 unspecified atom stereocenters. The minimum Gasteiger partial charge on any atom is -0.480 e. The van der Waals surface area contributed by atoms with Crippen LogP contribution < -0.4 is 5.32 Å². The van der Waals surface area contributed by atoms with Crippen molar-refractivity contribution in [1.29, 1.82) is 0 Å². The molecule has 0 amide bonds. The highest BCUT2D eigenvalue weighted by Crippen LogP contribution is 2.47. The van der Waals surface area contributed by atoms with Gasteiger partial charge in [0.25, 0.3) is 0 Å². The van der Waals surface area contributed by atoms with Gasteiger partial charge in [-0.25, -0.2) is 8.42 Å². The molecule has 0 bridgehead atoms. The topological polar surface area (TPSA) is 83.5 Å². The van der Waals surface area contributed by atoms with Crippen molar-refractivity contribution in [1.82, 2.24) is 5.32 Å². The Hall–Kier alpha value is -1.46. The molecule has 12 heteroatoms. The smallest absolute Gasteiger partial charge is 0.454 e. The van der Waals surface area contributed by atoms with Crippen molar-refractivity contribution in [3.8, 4) is 0 Å². The van der Waals surface area contributed by atoms with Crippen LogP contribution in [0.5, 0.6) is 0 Å². The number of rotatable bonds is 5. The number of carboxylic acids is 1. The molecule has 0 spiro atoms. The lowest BCUT2D eigenvalue weighted by atomic mass is 9.96. The van der Waals surface area contributed by atoms with Gasteiger partial charge < -0.3 is 10.4 Å². The Morgan fingerprint density at radius 1 is 1.23 bits per heavy atom. The van der Waals surface area contributed by atoms with E-state index >= 15 is 0 Å². The molecule has 1 saturated heterocycles. The van der Waals surface area contributed by atoms with Crippen LogP contribution in [0.15, 0.2) is 29.2 Å². The Labute approximate surface area is 150 Å². The molecule has 1 aromatic carbocycles. The van der Waals surface area contributed by atoms with Gasteiger partial charge in [-0.15, -0.1) is 0 Å². The predicted octanol–water partition coefficient (Wildman–Crippen LogP) is 2.74. The van der Waals surface area contributed by atoms with Crippen LogP contribution in [0.4, 0.5) is 22.0 Å². The van der Waals surface area contributed by atoms with Gasteiger partial charge in [0, 0.05) is 6.54 Å². The maximum absolute atomic E-state index is 14.2. The average Bonchev–Trinajstić information content (AvgIpc) is 2.95. The summed E-state index contributed by atoms with van der Waals surface area (Å²) in [6, 6.07) is 2.87. The summed E-state index contributed by atoms with van der Waals surface area (Å²) >= 11 is 5.69. The largest absolute Gasteiger partial charge is 0.480 e. The molecule has 2 N–H and O–H groups in total. The van der Waals surface area contributed by atoms with Gasteiger partial charge in [-0.2, -0.15) is 22.0 Å². The molecule has 1 aliphatic heterocycles. The van der Waals surface area contributed by atoms with Crippen molar-refractivity contribution < 1.29 is 40.3 Å². The van der Waals surface area contributed by atoms with Gasteiger partial charge in [-0.3, -0.25) is 4.79 Å². The SMILES string of the molecule is O=C(O)[C@@H]1C[C@@H](C(C(F)(F)C(F)(F)F)S(=O)(=O)c2ccccc2Cl)CN1. The molecule has 2 rings (SSSR count). The van der Waals surface area contributed by atoms with Gasteiger partial charge in [0.1, 0.15) is 11.3 Å². The maximum atomic E-state index is 14.2. The molecule has 0 saturated carbocycles. The van der Waals surface area contributed by atoms with Crippen molar-refractivity contribution in [2.45, 2.75) is 34.7 Å². The molecule has 1 heterocycles. The van der Waals surface area contributed by atoms with Crippen LogP contribution >= 0.6 is 11.6 Å². The lowest BCUT2D eigenvalue weighted by Crippen LogP contribution is -2.54. The Morgan fingerprint density at radius 3 is 2.27 bits per heavy atom. The Balaban J connectivity index is 2.59. The van der Waals surface area contributed by atoms with Crippen molar-refractivity contribution in [3.05, 3.63) is 29.3 Å². The first-order chi connectivity index (χ1) is 11.8. The van der Waals surface area contributed by atoms with E-state index in [4.69, 9.17) is 16.7 Å². The van der Waals surface area contributed by atoms with Crippen LogP contribution in [0.1, 0.15) is 6.42 Å². The molecule has 1 fully saturated rings. The first-order valence-corrected chi connectivity index (χ1v) is 9.11. The van der Waals surface area contributed by atoms with E-state index in [2.05, 4.69) is 5.32 Å². The van der Waals surface area contributed by atoms with Gasteiger partial charge in [0.2, 0.25) is 0 Å². The fraction of sp³-hybridized carbons (Fsp3) is 0.500. The predicted molar refractivity (Wildman–Crippen MR) is 81.0 cm³/mol. The summed E-state index contributed by atoms with van der Waals surface area (Å²) in [5.41, 5.74) is 0. The van der Waals surface area contributed by atoms with Crippen LogP contribution in [0, 0.1) is 5.92 Å². The molecule has 3 atom stereocenters. The molecule has 0 aromatic heterocycles. The molecule has 0 radical (unpaired) electrons. The summed E-state index contributed by atoms with van der Waals surface area (Å²) in [5.74, 6) is -8.87. The van der Waals surface area contributed by atoms with E-state index in [1.165, 1.54) is 6.07 Å². The van der Waals surface area contributed by atoms with Crippen LogP contribution in [-0.4, -0.2) is 49.4 Å². The van der Waals surface area contributed by atoms with Crippen molar-refractivity contribution in [2.75, 3.05) is 6.54 Å². The van der Waals surface area contributed by atoms with Gasteiger partial charge >= 0.3 is 18.1 Å². The van der Waals surface area contributed by atoms with E-state index in [0.717, 1.165) is 18.2 Å². The third-order valence-corrected chi connectivity index (χ3v) is 6.86. The maximum Gasteiger partial charge on any atom is 0.454 e. The molecule has 1 aromatic rings. The summed E-state index contributed by atoms with van der Waals surface area (Å²) < 4.78 is 92.5. The first-order valence-electron chi connectivity index (χ1n) is 7.19. The van der Waals surface area contributed by atoms with E-state index < -0.39 is 68.0 Å². The van der Waals surface area contributed by atoms with Crippen LogP contribution in [0.25, 0.3) is 0 Å². The number of aliphatic carboxylic acids is 1. The number of carboxylic acid groups (broad SMARTS) is 1. The lowest BCUT2D eigenvalue weighted by molar-refractivity contribution is -0.285. The number of alkyl halides is 5. The minimum atomic E-state index is -6.15.